The second-order valence-electron chi connectivity index (χ2n) is 9.27. The highest BCUT2D eigenvalue weighted by Crippen LogP contribution is 2.41. The van der Waals surface area contributed by atoms with Crippen LogP contribution in [0.3, 0.4) is 0 Å². The maximum atomic E-state index is 13.5. The molecule has 0 amide bonds. The molecule has 3 aromatic heterocycles. The lowest BCUT2D eigenvalue weighted by Gasteiger charge is -2.15. The number of fused-ring (bicyclic) bond motifs is 1. The number of aromatic nitrogens is 5. The molecule has 0 aliphatic rings. The van der Waals surface area contributed by atoms with Gasteiger partial charge in [0.15, 0.2) is 11.5 Å². The third-order valence-electron chi connectivity index (χ3n) is 6.50. The summed E-state index contributed by atoms with van der Waals surface area (Å²) in [6.07, 6.45) is -8.45. The Morgan fingerprint density at radius 2 is 1.45 bits per heavy atom. The molecule has 0 spiro atoms. The van der Waals surface area contributed by atoms with Gasteiger partial charge in [-0.2, -0.15) is 26.3 Å². The second kappa shape index (κ2) is 10.3. The molecule has 6 rings (SSSR count). The monoisotopic (exact) mass is 599 g/mol. The molecule has 0 unspecified atom stereocenters. The van der Waals surface area contributed by atoms with Gasteiger partial charge in [-0.25, -0.2) is 4.68 Å². The molecule has 0 bridgehead atoms. The molecule has 13 heteroatoms. The molecular formula is C29H16ClF6N5O. The third kappa shape index (κ3) is 5.09. The predicted molar refractivity (Wildman–Crippen MR) is 142 cm³/mol. The van der Waals surface area contributed by atoms with E-state index < -0.39 is 30.0 Å². The number of halogens is 7. The Morgan fingerprint density at radius 1 is 0.786 bits per heavy atom. The molecule has 0 atom stereocenters. The normalized spacial score (nSPS) is 12.3. The van der Waals surface area contributed by atoms with Crippen LogP contribution in [0, 0.1) is 0 Å². The van der Waals surface area contributed by atoms with Gasteiger partial charge in [0, 0.05) is 22.3 Å². The Balaban J connectivity index is 1.55. The van der Waals surface area contributed by atoms with Crippen LogP contribution in [0.25, 0.3) is 44.9 Å². The standard InChI is InChI=1S/C29H16ClF6N5O/c30-21-9-5-4-8-20(21)24-23-22(10-11-37-24)39-42-27(23)25-26(17-6-2-1-3-7-17)41(40-38-25)15-16-12-18(28(31,32)33)14-19(13-16)29(34,35)36/h1-14H,15H2. The highest BCUT2D eigenvalue weighted by Gasteiger charge is 2.37. The Hall–Kier alpha value is -4.71. The fourth-order valence-electron chi connectivity index (χ4n) is 4.65. The van der Waals surface area contributed by atoms with Crippen LogP contribution in [-0.4, -0.2) is 25.1 Å². The fourth-order valence-corrected chi connectivity index (χ4v) is 4.88. The first-order valence-electron chi connectivity index (χ1n) is 12.3. The summed E-state index contributed by atoms with van der Waals surface area (Å²) in [6.45, 7) is -0.452. The minimum Gasteiger partial charge on any atom is -0.353 e. The average Bonchev–Trinajstić information content (AvgIpc) is 3.57. The molecule has 0 aliphatic heterocycles. The summed E-state index contributed by atoms with van der Waals surface area (Å²) >= 11 is 6.45. The zero-order chi connectivity index (χ0) is 29.6. The molecule has 6 nitrogen and oxygen atoms in total. The number of alkyl halides is 6. The van der Waals surface area contributed by atoms with Gasteiger partial charge in [0.1, 0.15) is 11.2 Å². The summed E-state index contributed by atoms with van der Waals surface area (Å²) in [4.78, 5) is 4.49. The van der Waals surface area contributed by atoms with E-state index in [2.05, 4.69) is 20.5 Å². The molecule has 0 fully saturated rings. The lowest BCUT2D eigenvalue weighted by molar-refractivity contribution is -0.143. The second-order valence-corrected chi connectivity index (χ2v) is 9.68. The first-order valence-corrected chi connectivity index (χ1v) is 12.7. The lowest BCUT2D eigenvalue weighted by Crippen LogP contribution is -2.13. The molecule has 42 heavy (non-hydrogen) atoms. The molecule has 0 radical (unpaired) electrons. The maximum Gasteiger partial charge on any atom is 0.416 e. The number of rotatable bonds is 5. The Labute approximate surface area is 238 Å². The number of hydrogen-bond acceptors (Lipinski definition) is 5. The molecule has 0 saturated carbocycles. The summed E-state index contributed by atoms with van der Waals surface area (Å²) in [6, 6.07) is 18.6. The van der Waals surface area contributed by atoms with E-state index in [1.165, 1.54) is 10.9 Å². The first-order chi connectivity index (χ1) is 20.0. The van der Waals surface area contributed by atoms with Gasteiger partial charge < -0.3 is 4.52 Å². The van der Waals surface area contributed by atoms with Gasteiger partial charge in [0.2, 0.25) is 0 Å². The van der Waals surface area contributed by atoms with Crippen LogP contribution in [-0.2, 0) is 18.9 Å². The predicted octanol–water partition coefficient (Wildman–Crippen LogP) is 8.55. The van der Waals surface area contributed by atoms with Crippen LogP contribution in [0.1, 0.15) is 16.7 Å². The minimum atomic E-state index is -4.99. The Morgan fingerprint density at radius 3 is 2.12 bits per heavy atom. The largest absolute Gasteiger partial charge is 0.416 e. The van der Waals surface area contributed by atoms with Crippen LogP contribution in [0.2, 0.25) is 5.02 Å². The SMILES string of the molecule is FC(F)(F)c1cc(Cn2nnc(-c3onc4ccnc(-c5ccccc5Cl)c34)c2-c2ccccc2)cc(C(F)(F)F)c1. The van der Waals surface area contributed by atoms with Crippen molar-refractivity contribution in [2.45, 2.75) is 18.9 Å². The van der Waals surface area contributed by atoms with Crippen molar-refractivity contribution in [3.05, 3.63) is 107 Å². The molecule has 3 aromatic carbocycles. The fraction of sp³-hybridized carbons (Fsp3) is 0.103. The van der Waals surface area contributed by atoms with Crippen LogP contribution in [0.15, 0.2) is 89.6 Å². The highest BCUT2D eigenvalue weighted by atomic mass is 35.5. The van der Waals surface area contributed by atoms with Gasteiger partial charge in [-0.3, -0.25) is 4.98 Å². The van der Waals surface area contributed by atoms with Crippen LogP contribution in [0.4, 0.5) is 26.3 Å². The number of benzene rings is 3. The van der Waals surface area contributed by atoms with Gasteiger partial charge in [0.05, 0.1) is 28.8 Å². The summed E-state index contributed by atoms with van der Waals surface area (Å²) < 4.78 is 88.1. The molecule has 0 saturated heterocycles. The van der Waals surface area contributed by atoms with E-state index in [1.807, 2.05) is 0 Å². The van der Waals surface area contributed by atoms with Gasteiger partial charge in [-0.1, -0.05) is 70.5 Å². The minimum absolute atomic E-state index is 0.0816. The number of pyridine rings is 1. The van der Waals surface area contributed by atoms with Crippen LogP contribution < -0.4 is 0 Å². The van der Waals surface area contributed by atoms with E-state index >= 15 is 0 Å². The van der Waals surface area contributed by atoms with Gasteiger partial charge in [-0.15, -0.1) is 5.10 Å². The van der Waals surface area contributed by atoms with E-state index in [-0.39, 0.29) is 28.8 Å². The molecule has 0 N–H and O–H groups in total. The number of nitrogens with zero attached hydrogens (tertiary/aromatic N) is 5. The van der Waals surface area contributed by atoms with E-state index in [1.54, 1.807) is 60.7 Å². The van der Waals surface area contributed by atoms with Crippen molar-refractivity contribution in [1.82, 2.24) is 25.1 Å². The summed E-state index contributed by atoms with van der Waals surface area (Å²) in [5.41, 5.74) is -0.684. The summed E-state index contributed by atoms with van der Waals surface area (Å²) in [7, 11) is 0. The smallest absolute Gasteiger partial charge is 0.353 e. The van der Waals surface area contributed by atoms with E-state index in [0.29, 0.717) is 44.9 Å². The molecule has 6 aromatic rings. The lowest BCUT2D eigenvalue weighted by atomic mass is 10.0. The van der Waals surface area contributed by atoms with E-state index in [0.717, 1.165) is 0 Å². The van der Waals surface area contributed by atoms with E-state index in [4.69, 9.17) is 16.1 Å². The van der Waals surface area contributed by atoms with Gasteiger partial charge in [0.25, 0.3) is 0 Å². The Bertz CT molecular complexity index is 1880. The van der Waals surface area contributed by atoms with Gasteiger partial charge in [-0.05, 0) is 35.9 Å². The zero-order valence-corrected chi connectivity index (χ0v) is 21.8. The zero-order valence-electron chi connectivity index (χ0n) is 21.1. The van der Waals surface area contributed by atoms with Crippen molar-refractivity contribution >= 4 is 22.5 Å². The maximum absolute atomic E-state index is 13.5. The molecule has 212 valence electrons. The van der Waals surface area contributed by atoms with Crippen LogP contribution >= 0.6 is 11.6 Å². The molecular weight excluding hydrogens is 584 g/mol. The number of hydrogen-bond donors (Lipinski definition) is 0. The quantitative estimate of drug-likeness (QED) is 0.186. The van der Waals surface area contributed by atoms with Crippen LogP contribution in [0.5, 0.6) is 0 Å². The topological polar surface area (TPSA) is 69.6 Å². The Kier molecular flexibility index (Phi) is 6.72. The van der Waals surface area contributed by atoms with E-state index in [9.17, 15) is 26.3 Å². The highest BCUT2D eigenvalue weighted by molar-refractivity contribution is 6.33. The van der Waals surface area contributed by atoms with Crippen molar-refractivity contribution < 1.29 is 30.9 Å². The summed E-state index contributed by atoms with van der Waals surface area (Å²) in [5, 5.41) is 13.4. The third-order valence-corrected chi connectivity index (χ3v) is 6.83. The van der Waals surface area contributed by atoms with Crippen molar-refractivity contribution in [2.24, 2.45) is 0 Å². The molecule has 3 heterocycles. The average molecular weight is 600 g/mol. The van der Waals surface area contributed by atoms with Crippen molar-refractivity contribution in [2.75, 3.05) is 0 Å². The van der Waals surface area contributed by atoms with Crippen molar-refractivity contribution in [3.8, 4) is 34.0 Å². The molecule has 0 aliphatic carbocycles. The van der Waals surface area contributed by atoms with Crippen molar-refractivity contribution in [1.29, 1.82) is 0 Å². The summed E-state index contributed by atoms with van der Waals surface area (Å²) in [5.74, 6) is 0.151. The van der Waals surface area contributed by atoms with Crippen molar-refractivity contribution in [3.63, 3.8) is 0 Å². The first kappa shape index (κ1) is 27.5. The van der Waals surface area contributed by atoms with Gasteiger partial charge >= 0.3 is 12.4 Å².